The van der Waals surface area contributed by atoms with E-state index in [2.05, 4.69) is 46.3 Å². The molecular weight excluding hydrogens is 506 g/mol. The van der Waals surface area contributed by atoms with E-state index in [0.717, 1.165) is 22.4 Å². The average Bonchev–Trinajstić information content (AvgIpc) is 2.96. The smallest absolute Gasteiger partial charge is 0.273 e. The van der Waals surface area contributed by atoms with Crippen LogP contribution in [0.5, 0.6) is 0 Å². The fourth-order valence-corrected chi connectivity index (χ4v) is 4.62. The number of morpholine rings is 1. The summed E-state index contributed by atoms with van der Waals surface area (Å²) in [6, 6.07) is 14.8. The summed E-state index contributed by atoms with van der Waals surface area (Å²) in [5.74, 6) is 0.299. The Balaban J connectivity index is 1.47. The minimum atomic E-state index is -0.255. The summed E-state index contributed by atoms with van der Waals surface area (Å²) in [5.41, 5.74) is 4.67. The summed E-state index contributed by atoms with van der Waals surface area (Å²) < 4.78 is 5.53. The molecule has 1 aliphatic rings. The predicted molar refractivity (Wildman–Crippen MR) is 155 cm³/mol. The van der Waals surface area contributed by atoms with Crippen LogP contribution in [0.25, 0.3) is 11.1 Å². The first-order valence-electron chi connectivity index (χ1n) is 13.2. The van der Waals surface area contributed by atoms with Gasteiger partial charge in [0.1, 0.15) is 5.69 Å². The van der Waals surface area contributed by atoms with E-state index < -0.39 is 0 Å². The molecule has 1 saturated heterocycles. The number of hydrazine groups is 1. The number of hydrogen-bond acceptors (Lipinski definition) is 8. The molecule has 40 heavy (non-hydrogen) atoms. The maximum Gasteiger partial charge on any atom is 0.273 e. The molecule has 2 N–H and O–H groups in total. The number of nitrogens with zero attached hydrogens (tertiary/aromatic N) is 5. The third kappa shape index (κ3) is 5.78. The minimum absolute atomic E-state index is 0.0973. The Hall–Kier alpha value is -4.41. The Labute approximate surface area is 233 Å². The number of benzene rings is 1. The zero-order valence-corrected chi connectivity index (χ0v) is 23.1. The zero-order chi connectivity index (χ0) is 28.3. The second-order valence-electron chi connectivity index (χ2n) is 10.7. The predicted octanol–water partition coefficient (Wildman–Crippen LogP) is 4.47. The van der Waals surface area contributed by atoms with Crippen LogP contribution in [0.4, 0.5) is 17.2 Å². The molecule has 4 aromatic rings. The normalized spacial score (nSPS) is 14.1. The number of aromatic amines is 1. The summed E-state index contributed by atoms with van der Waals surface area (Å²) in [7, 11) is 0. The molecule has 0 radical (unpaired) electrons. The van der Waals surface area contributed by atoms with E-state index in [1.54, 1.807) is 35.7 Å². The minimum Gasteiger partial charge on any atom is -0.379 e. The standard InChI is InChI=1S/C30H33N7O3/c1-20-23(7-5-8-24(20)34-28(38)21-10-11-26(31-18-21)30(2,3)4)22-17-25(29(39)32-19-22)37(27-9-6-12-33-35-27)36-13-15-40-16-14-36/h5-12,17-19H,13-16H2,1-4H3,(H,32,39)(H,34,38). The van der Waals surface area contributed by atoms with E-state index in [-0.39, 0.29) is 16.9 Å². The first kappa shape index (κ1) is 27.2. The Morgan fingerprint density at radius 3 is 2.58 bits per heavy atom. The number of ether oxygens (including phenoxy) is 1. The summed E-state index contributed by atoms with van der Waals surface area (Å²) in [4.78, 5) is 33.6. The third-order valence-corrected chi connectivity index (χ3v) is 6.84. The first-order chi connectivity index (χ1) is 19.2. The van der Waals surface area contributed by atoms with Gasteiger partial charge in [0.05, 0.1) is 18.8 Å². The number of anilines is 3. The van der Waals surface area contributed by atoms with E-state index in [0.29, 0.717) is 49.1 Å². The van der Waals surface area contributed by atoms with Crippen molar-refractivity contribution in [3.05, 3.63) is 94.3 Å². The molecule has 1 fully saturated rings. The molecular formula is C30H33N7O3. The highest BCUT2D eigenvalue weighted by molar-refractivity contribution is 6.05. The molecule has 0 aliphatic carbocycles. The lowest BCUT2D eigenvalue weighted by Crippen LogP contribution is -2.48. The molecule has 0 atom stereocenters. The Kier molecular flexibility index (Phi) is 7.72. The topological polar surface area (TPSA) is 116 Å². The molecule has 0 bridgehead atoms. The highest BCUT2D eigenvalue weighted by atomic mass is 16.5. The van der Waals surface area contributed by atoms with E-state index in [1.807, 2.05) is 48.3 Å². The zero-order valence-electron chi connectivity index (χ0n) is 23.1. The van der Waals surface area contributed by atoms with Gasteiger partial charge in [0.15, 0.2) is 5.82 Å². The highest BCUT2D eigenvalue weighted by Gasteiger charge is 2.25. The number of carbonyl (C=O) groups is 1. The van der Waals surface area contributed by atoms with Gasteiger partial charge in [-0.05, 0) is 54.4 Å². The van der Waals surface area contributed by atoms with Crippen LogP contribution in [0, 0.1) is 6.92 Å². The molecule has 1 aromatic carbocycles. The second-order valence-corrected chi connectivity index (χ2v) is 10.7. The number of amides is 1. The van der Waals surface area contributed by atoms with Crippen LogP contribution in [0.2, 0.25) is 0 Å². The lowest BCUT2D eigenvalue weighted by molar-refractivity contribution is 0.0373. The van der Waals surface area contributed by atoms with Crippen molar-refractivity contribution in [1.82, 2.24) is 25.2 Å². The lowest BCUT2D eigenvalue weighted by atomic mass is 9.91. The molecule has 0 saturated carbocycles. The van der Waals surface area contributed by atoms with Crippen molar-refractivity contribution in [3.63, 3.8) is 0 Å². The molecule has 5 rings (SSSR count). The van der Waals surface area contributed by atoms with Crippen molar-refractivity contribution in [2.45, 2.75) is 33.1 Å². The van der Waals surface area contributed by atoms with Gasteiger partial charge in [-0.3, -0.25) is 14.6 Å². The van der Waals surface area contributed by atoms with Crippen LogP contribution in [-0.4, -0.2) is 57.4 Å². The van der Waals surface area contributed by atoms with Crippen LogP contribution in [-0.2, 0) is 10.2 Å². The fraction of sp³-hybridized carbons (Fsp3) is 0.300. The number of pyridine rings is 2. The van der Waals surface area contributed by atoms with Crippen molar-refractivity contribution in [3.8, 4) is 11.1 Å². The van der Waals surface area contributed by atoms with E-state index in [4.69, 9.17) is 4.74 Å². The molecule has 0 unspecified atom stereocenters. The molecule has 1 aliphatic heterocycles. The summed E-state index contributed by atoms with van der Waals surface area (Å²) in [6.07, 6.45) is 4.89. The van der Waals surface area contributed by atoms with Gasteiger partial charge in [-0.25, -0.2) is 10.0 Å². The Morgan fingerprint density at radius 2 is 1.90 bits per heavy atom. The molecule has 0 spiro atoms. The first-order valence-corrected chi connectivity index (χ1v) is 13.2. The second kappa shape index (κ2) is 11.4. The number of rotatable bonds is 6. The largest absolute Gasteiger partial charge is 0.379 e. The Morgan fingerprint density at radius 1 is 1.10 bits per heavy atom. The summed E-state index contributed by atoms with van der Waals surface area (Å²) in [6.45, 7) is 10.5. The lowest BCUT2D eigenvalue weighted by Gasteiger charge is -2.37. The van der Waals surface area contributed by atoms with Gasteiger partial charge in [0.25, 0.3) is 11.5 Å². The molecule has 3 aromatic heterocycles. The number of carbonyl (C=O) groups excluding carboxylic acids is 1. The summed E-state index contributed by atoms with van der Waals surface area (Å²) >= 11 is 0. The number of aromatic nitrogens is 4. The SMILES string of the molecule is Cc1c(NC(=O)c2ccc(C(C)(C)C)nc2)cccc1-c1c[nH]c(=O)c(N(c2cccnn2)N2CCOCC2)c1. The number of H-pyrrole nitrogens is 1. The number of nitrogens with one attached hydrogen (secondary N) is 2. The summed E-state index contributed by atoms with van der Waals surface area (Å²) in [5, 5.41) is 15.1. The highest BCUT2D eigenvalue weighted by Crippen LogP contribution is 2.32. The van der Waals surface area contributed by atoms with Crippen molar-refractivity contribution in [2.75, 3.05) is 36.6 Å². The quantitative estimate of drug-likeness (QED) is 0.369. The van der Waals surface area contributed by atoms with Gasteiger partial charge in [-0.15, -0.1) is 5.10 Å². The van der Waals surface area contributed by atoms with Gasteiger partial charge < -0.3 is 15.0 Å². The monoisotopic (exact) mass is 539 g/mol. The van der Waals surface area contributed by atoms with Crippen LogP contribution < -0.4 is 15.9 Å². The molecule has 10 heteroatoms. The molecule has 10 nitrogen and oxygen atoms in total. The van der Waals surface area contributed by atoms with Crippen molar-refractivity contribution in [2.24, 2.45) is 0 Å². The van der Waals surface area contributed by atoms with E-state index >= 15 is 0 Å². The van der Waals surface area contributed by atoms with Gasteiger partial charge in [-0.2, -0.15) is 5.10 Å². The third-order valence-electron chi connectivity index (χ3n) is 6.84. The fourth-order valence-electron chi connectivity index (χ4n) is 4.62. The van der Waals surface area contributed by atoms with Crippen LogP contribution in [0.3, 0.4) is 0 Å². The van der Waals surface area contributed by atoms with Gasteiger partial charge >= 0.3 is 0 Å². The van der Waals surface area contributed by atoms with Gasteiger partial charge in [-0.1, -0.05) is 32.9 Å². The maximum atomic E-state index is 13.1. The van der Waals surface area contributed by atoms with Crippen LogP contribution in [0.1, 0.15) is 42.4 Å². The van der Waals surface area contributed by atoms with E-state index in [9.17, 15) is 9.59 Å². The van der Waals surface area contributed by atoms with Crippen molar-refractivity contribution >= 4 is 23.1 Å². The van der Waals surface area contributed by atoms with Crippen molar-refractivity contribution in [1.29, 1.82) is 0 Å². The maximum absolute atomic E-state index is 13.1. The average molecular weight is 540 g/mol. The van der Waals surface area contributed by atoms with E-state index in [1.165, 1.54) is 0 Å². The van der Waals surface area contributed by atoms with Crippen molar-refractivity contribution < 1.29 is 9.53 Å². The van der Waals surface area contributed by atoms with Crippen LogP contribution >= 0.6 is 0 Å². The van der Waals surface area contributed by atoms with Gasteiger partial charge in [0.2, 0.25) is 0 Å². The number of hydrogen-bond donors (Lipinski definition) is 2. The molecule has 4 heterocycles. The van der Waals surface area contributed by atoms with Gasteiger partial charge in [0, 0.05) is 54.0 Å². The van der Waals surface area contributed by atoms with Crippen LogP contribution in [0.15, 0.2) is 71.9 Å². The molecule has 206 valence electrons. The Bertz CT molecular complexity index is 1540. The molecule has 1 amide bonds.